The van der Waals surface area contributed by atoms with E-state index in [-0.39, 0.29) is 6.04 Å². The Labute approximate surface area is 109 Å². The van der Waals surface area contributed by atoms with Gasteiger partial charge in [-0.15, -0.1) is 0 Å². The van der Waals surface area contributed by atoms with Gasteiger partial charge in [0.2, 0.25) is 0 Å². The molecule has 2 aromatic rings. The van der Waals surface area contributed by atoms with E-state index in [1.807, 2.05) is 0 Å². The maximum atomic E-state index is 6.46. The van der Waals surface area contributed by atoms with Gasteiger partial charge in [0, 0.05) is 6.20 Å². The summed E-state index contributed by atoms with van der Waals surface area (Å²) in [6.07, 6.45) is 4.35. The maximum absolute atomic E-state index is 6.46. The smallest absolute Gasteiger partial charge is 0.137 e. The zero-order valence-electron chi connectivity index (χ0n) is 11.8. The summed E-state index contributed by atoms with van der Waals surface area (Å²) in [7, 11) is 0. The Morgan fingerprint density at radius 1 is 1.22 bits per heavy atom. The van der Waals surface area contributed by atoms with Gasteiger partial charge in [-0.3, -0.25) is 0 Å². The zero-order valence-corrected chi connectivity index (χ0v) is 11.8. The van der Waals surface area contributed by atoms with Crippen LogP contribution in [0.25, 0.3) is 5.65 Å². The molecule has 2 aromatic heterocycles. The second kappa shape index (κ2) is 5.11. The molecule has 0 spiro atoms. The number of nitrogens with zero attached hydrogens (tertiary/aromatic N) is 2. The van der Waals surface area contributed by atoms with Crippen LogP contribution in [0.4, 0.5) is 0 Å². The molecule has 0 aromatic carbocycles. The molecule has 1 unspecified atom stereocenters. The van der Waals surface area contributed by atoms with Crippen LogP contribution in [-0.4, -0.2) is 9.38 Å². The third-order valence-corrected chi connectivity index (χ3v) is 3.86. The Bertz CT molecular complexity index is 538. The molecule has 0 aliphatic carbocycles. The summed E-state index contributed by atoms with van der Waals surface area (Å²) in [4.78, 5) is 4.61. The summed E-state index contributed by atoms with van der Waals surface area (Å²) in [5, 5.41) is 0. The minimum absolute atomic E-state index is 0.0665. The molecule has 2 N–H and O–H groups in total. The van der Waals surface area contributed by atoms with Gasteiger partial charge in [0.05, 0.1) is 17.4 Å². The molecule has 18 heavy (non-hydrogen) atoms. The Kier molecular flexibility index (Phi) is 3.71. The normalized spacial score (nSPS) is 13.4. The SMILES string of the molecule is CCC(CC)C(N)c1c(C)nc2ccc(C)cn12. The molecule has 2 rings (SSSR count). The highest BCUT2D eigenvalue weighted by Crippen LogP contribution is 2.28. The summed E-state index contributed by atoms with van der Waals surface area (Å²) < 4.78 is 2.16. The van der Waals surface area contributed by atoms with Crippen molar-refractivity contribution in [2.24, 2.45) is 11.7 Å². The Hall–Kier alpha value is -1.35. The maximum Gasteiger partial charge on any atom is 0.137 e. The number of aromatic nitrogens is 2. The molecule has 0 aliphatic heterocycles. The number of aryl methyl sites for hydroxylation is 2. The standard InChI is InChI=1S/C15H23N3/c1-5-12(6-2)14(16)15-11(4)17-13-8-7-10(3)9-18(13)15/h7-9,12,14H,5-6,16H2,1-4H3. The van der Waals surface area contributed by atoms with Crippen molar-refractivity contribution < 1.29 is 0 Å². The number of rotatable bonds is 4. The lowest BCUT2D eigenvalue weighted by Gasteiger charge is -2.21. The summed E-state index contributed by atoms with van der Waals surface area (Å²) in [5.41, 5.74) is 10.9. The van der Waals surface area contributed by atoms with E-state index in [1.54, 1.807) is 0 Å². The van der Waals surface area contributed by atoms with Crippen LogP contribution in [0.15, 0.2) is 18.3 Å². The van der Waals surface area contributed by atoms with Crippen LogP contribution in [0.5, 0.6) is 0 Å². The Balaban J connectivity index is 2.55. The van der Waals surface area contributed by atoms with Crippen molar-refractivity contribution in [1.82, 2.24) is 9.38 Å². The van der Waals surface area contributed by atoms with Gasteiger partial charge in [-0.1, -0.05) is 32.8 Å². The van der Waals surface area contributed by atoms with Crippen molar-refractivity contribution in [3.63, 3.8) is 0 Å². The summed E-state index contributed by atoms with van der Waals surface area (Å²) in [6, 6.07) is 4.22. The molecule has 0 aliphatic rings. The molecule has 0 fully saturated rings. The second-order valence-corrected chi connectivity index (χ2v) is 5.12. The first-order valence-corrected chi connectivity index (χ1v) is 6.79. The van der Waals surface area contributed by atoms with Gasteiger partial charge in [-0.05, 0) is 31.4 Å². The Morgan fingerprint density at radius 2 is 1.89 bits per heavy atom. The van der Waals surface area contributed by atoms with Gasteiger partial charge in [0.15, 0.2) is 0 Å². The van der Waals surface area contributed by atoms with Crippen LogP contribution >= 0.6 is 0 Å². The summed E-state index contributed by atoms with van der Waals surface area (Å²) in [5.74, 6) is 0.518. The largest absolute Gasteiger partial charge is 0.322 e. The number of pyridine rings is 1. The van der Waals surface area contributed by atoms with Crippen molar-refractivity contribution in [2.75, 3.05) is 0 Å². The minimum Gasteiger partial charge on any atom is -0.322 e. The van der Waals surface area contributed by atoms with E-state index in [4.69, 9.17) is 5.73 Å². The number of hydrogen-bond acceptors (Lipinski definition) is 2. The molecule has 1 atom stereocenters. The van der Waals surface area contributed by atoms with Crippen molar-refractivity contribution in [1.29, 1.82) is 0 Å². The van der Waals surface area contributed by atoms with E-state index in [2.05, 4.69) is 55.4 Å². The van der Waals surface area contributed by atoms with Crippen LogP contribution in [0.1, 0.15) is 49.7 Å². The van der Waals surface area contributed by atoms with Crippen LogP contribution in [0.3, 0.4) is 0 Å². The van der Waals surface area contributed by atoms with E-state index in [9.17, 15) is 0 Å². The monoisotopic (exact) mass is 245 g/mol. The molecule has 0 saturated heterocycles. The first kappa shape index (κ1) is 13.1. The van der Waals surface area contributed by atoms with Crippen LogP contribution in [0.2, 0.25) is 0 Å². The minimum atomic E-state index is 0.0665. The molecule has 2 heterocycles. The number of imidazole rings is 1. The number of fused-ring (bicyclic) bond motifs is 1. The highest BCUT2D eigenvalue weighted by molar-refractivity contribution is 5.45. The topological polar surface area (TPSA) is 43.3 Å². The summed E-state index contributed by atoms with van der Waals surface area (Å²) in [6.45, 7) is 8.57. The highest BCUT2D eigenvalue weighted by atomic mass is 15.0. The van der Waals surface area contributed by atoms with E-state index in [0.29, 0.717) is 5.92 Å². The Morgan fingerprint density at radius 3 is 2.50 bits per heavy atom. The van der Waals surface area contributed by atoms with Gasteiger partial charge < -0.3 is 10.1 Å². The van der Waals surface area contributed by atoms with E-state index < -0.39 is 0 Å². The van der Waals surface area contributed by atoms with Crippen LogP contribution in [0, 0.1) is 19.8 Å². The lowest BCUT2D eigenvalue weighted by Crippen LogP contribution is -2.22. The molecule has 3 heteroatoms. The number of nitrogens with two attached hydrogens (primary N) is 1. The van der Waals surface area contributed by atoms with E-state index in [1.165, 1.54) is 11.3 Å². The van der Waals surface area contributed by atoms with Gasteiger partial charge >= 0.3 is 0 Å². The highest BCUT2D eigenvalue weighted by Gasteiger charge is 2.22. The first-order valence-electron chi connectivity index (χ1n) is 6.79. The predicted octanol–water partition coefficient (Wildman–Crippen LogP) is 3.39. The molecule has 0 saturated carbocycles. The van der Waals surface area contributed by atoms with Crippen molar-refractivity contribution >= 4 is 5.65 Å². The zero-order chi connectivity index (χ0) is 13.3. The van der Waals surface area contributed by atoms with Gasteiger partial charge in [-0.2, -0.15) is 0 Å². The van der Waals surface area contributed by atoms with E-state index >= 15 is 0 Å². The van der Waals surface area contributed by atoms with Gasteiger partial charge in [0.25, 0.3) is 0 Å². The molecule has 3 nitrogen and oxygen atoms in total. The van der Waals surface area contributed by atoms with E-state index in [0.717, 1.165) is 24.2 Å². The lowest BCUT2D eigenvalue weighted by atomic mass is 9.92. The van der Waals surface area contributed by atoms with Crippen molar-refractivity contribution in [2.45, 2.75) is 46.6 Å². The average Bonchev–Trinajstić information content (AvgIpc) is 2.65. The van der Waals surface area contributed by atoms with Gasteiger partial charge in [-0.25, -0.2) is 4.98 Å². The molecular weight excluding hydrogens is 222 g/mol. The molecule has 0 radical (unpaired) electrons. The number of hydrogen-bond donors (Lipinski definition) is 1. The second-order valence-electron chi connectivity index (χ2n) is 5.12. The quantitative estimate of drug-likeness (QED) is 0.897. The fraction of sp³-hybridized carbons (Fsp3) is 0.533. The molecule has 0 amide bonds. The molecule has 98 valence electrons. The first-order chi connectivity index (χ1) is 8.58. The predicted molar refractivity (Wildman–Crippen MR) is 75.7 cm³/mol. The molecular formula is C15H23N3. The fourth-order valence-electron chi connectivity index (χ4n) is 2.71. The van der Waals surface area contributed by atoms with Gasteiger partial charge in [0.1, 0.15) is 5.65 Å². The van der Waals surface area contributed by atoms with Crippen LogP contribution < -0.4 is 5.73 Å². The molecule has 0 bridgehead atoms. The van der Waals surface area contributed by atoms with Crippen molar-refractivity contribution in [3.8, 4) is 0 Å². The summed E-state index contributed by atoms with van der Waals surface area (Å²) >= 11 is 0. The third-order valence-electron chi connectivity index (χ3n) is 3.86. The lowest BCUT2D eigenvalue weighted by molar-refractivity contribution is 0.396. The van der Waals surface area contributed by atoms with Crippen molar-refractivity contribution in [3.05, 3.63) is 35.3 Å². The van der Waals surface area contributed by atoms with Crippen LogP contribution in [-0.2, 0) is 0 Å². The third kappa shape index (κ3) is 2.15. The average molecular weight is 245 g/mol. The fourth-order valence-corrected chi connectivity index (χ4v) is 2.71.